The van der Waals surface area contributed by atoms with Crippen LogP contribution in [0, 0.1) is 0 Å². The second-order valence-corrected chi connectivity index (χ2v) is 7.72. The first-order valence-corrected chi connectivity index (χ1v) is 12.1. The van der Waals surface area contributed by atoms with Crippen LogP contribution in [0.2, 0.25) is 0 Å². The lowest BCUT2D eigenvalue weighted by Gasteiger charge is -2.14. The standard InChI is InChI=1S/C25H44O7/c1-2-3-4-5-6-7-8-9-23-10-12-24(13-11-23)32-25(27)22-31-21-20-30-19-18-29-17-16-28-15-14-26/h10-13,25-27H,2-9,14-22H2,1H3. The van der Waals surface area contributed by atoms with Crippen LogP contribution in [0.4, 0.5) is 0 Å². The van der Waals surface area contributed by atoms with E-state index < -0.39 is 6.29 Å². The van der Waals surface area contributed by atoms with Crippen LogP contribution in [0.5, 0.6) is 5.75 Å². The number of aryl methyl sites for hydroxylation is 1. The van der Waals surface area contributed by atoms with Gasteiger partial charge in [-0.15, -0.1) is 0 Å². The van der Waals surface area contributed by atoms with Gasteiger partial charge < -0.3 is 33.9 Å². The van der Waals surface area contributed by atoms with Gasteiger partial charge in [-0.05, 0) is 30.5 Å². The summed E-state index contributed by atoms with van der Waals surface area (Å²) in [5.41, 5.74) is 1.30. The number of benzene rings is 1. The van der Waals surface area contributed by atoms with E-state index in [-0.39, 0.29) is 13.2 Å². The molecule has 186 valence electrons. The fraction of sp³-hybridized carbons (Fsp3) is 0.760. The number of aliphatic hydroxyl groups excluding tert-OH is 2. The third-order valence-corrected chi connectivity index (χ3v) is 4.88. The second kappa shape index (κ2) is 21.6. The third-order valence-electron chi connectivity index (χ3n) is 4.88. The Bertz CT molecular complexity index is 510. The Morgan fingerprint density at radius 1 is 0.688 bits per heavy atom. The highest BCUT2D eigenvalue weighted by molar-refractivity contribution is 5.27. The van der Waals surface area contributed by atoms with Gasteiger partial charge in [0.15, 0.2) is 0 Å². The molecule has 0 aliphatic carbocycles. The van der Waals surface area contributed by atoms with E-state index in [1.54, 1.807) is 0 Å². The maximum absolute atomic E-state index is 9.96. The molecule has 0 aromatic heterocycles. The minimum absolute atomic E-state index is 0.0223. The van der Waals surface area contributed by atoms with Gasteiger partial charge in [-0.3, -0.25) is 0 Å². The minimum Gasteiger partial charge on any atom is -0.463 e. The molecule has 1 unspecified atom stereocenters. The van der Waals surface area contributed by atoms with Crippen molar-refractivity contribution in [3.05, 3.63) is 29.8 Å². The maximum atomic E-state index is 9.96. The Balaban J connectivity index is 1.96. The minimum atomic E-state index is -1.01. The molecular weight excluding hydrogens is 412 g/mol. The van der Waals surface area contributed by atoms with E-state index in [2.05, 4.69) is 19.1 Å². The van der Waals surface area contributed by atoms with Crippen molar-refractivity contribution in [1.29, 1.82) is 0 Å². The summed E-state index contributed by atoms with van der Waals surface area (Å²) in [5.74, 6) is 0.640. The molecule has 0 radical (unpaired) electrons. The van der Waals surface area contributed by atoms with Crippen LogP contribution in [-0.4, -0.2) is 76.0 Å². The topological polar surface area (TPSA) is 86.6 Å². The quantitative estimate of drug-likeness (QED) is 0.192. The van der Waals surface area contributed by atoms with E-state index in [0.717, 1.165) is 6.42 Å². The number of aliphatic hydroxyl groups is 2. The zero-order valence-corrected chi connectivity index (χ0v) is 19.8. The van der Waals surface area contributed by atoms with Crippen molar-refractivity contribution >= 4 is 0 Å². The summed E-state index contributed by atoms with van der Waals surface area (Å²) in [6.07, 6.45) is 9.27. The van der Waals surface area contributed by atoms with Crippen molar-refractivity contribution in [1.82, 2.24) is 0 Å². The Kier molecular flexibility index (Phi) is 19.5. The predicted molar refractivity (Wildman–Crippen MR) is 125 cm³/mol. The highest BCUT2D eigenvalue weighted by Crippen LogP contribution is 2.16. The SMILES string of the molecule is CCCCCCCCCc1ccc(OC(O)COCCOCCOCCOCCO)cc1. The molecule has 0 heterocycles. The summed E-state index contributed by atoms with van der Waals surface area (Å²) < 4.78 is 26.6. The van der Waals surface area contributed by atoms with Crippen molar-refractivity contribution in [3.8, 4) is 5.75 Å². The monoisotopic (exact) mass is 456 g/mol. The number of rotatable bonds is 23. The van der Waals surface area contributed by atoms with E-state index in [0.29, 0.717) is 52.0 Å². The number of ether oxygens (including phenoxy) is 5. The van der Waals surface area contributed by atoms with Crippen LogP contribution in [0.15, 0.2) is 24.3 Å². The molecule has 1 aromatic rings. The highest BCUT2D eigenvalue weighted by Gasteiger charge is 2.06. The zero-order valence-electron chi connectivity index (χ0n) is 19.8. The maximum Gasteiger partial charge on any atom is 0.221 e. The fourth-order valence-corrected chi connectivity index (χ4v) is 3.12. The lowest BCUT2D eigenvalue weighted by atomic mass is 10.0. The van der Waals surface area contributed by atoms with Gasteiger partial charge in [-0.25, -0.2) is 0 Å². The van der Waals surface area contributed by atoms with Crippen LogP contribution in [0.3, 0.4) is 0 Å². The average Bonchev–Trinajstić information content (AvgIpc) is 2.80. The van der Waals surface area contributed by atoms with Gasteiger partial charge in [-0.1, -0.05) is 57.6 Å². The van der Waals surface area contributed by atoms with Gasteiger partial charge in [0.25, 0.3) is 0 Å². The predicted octanol–water partition coefficient (Wildman–Crippen LogP) is 3.74. The highest BCUT2D eigenvalue weighted by atomic mass is 16.6. The van der Waals surface area contributed by atoms with Crippen molar-refractivity contribution in [2.45, 2.75) is 64.6 Å². The van der Waals surface area contributed by atoms with Crippen molar-refractivity contribution in [3.63, 3.8) is 0 Å². The zero-order chi connectivity index (χ0) is 23.1. The summed E-state index contributed by atoms with van der Waals surface area (Å²) in [7, 11) is 0. The average molecular weight is 457 g/mol. The molecule has 0 spiro atoms. The van der Waals surface area contributed by atoms with Gasteiger partial charge in [0.2, 0.25) is 6.29 Å². The van der Waals surface area contributed by atoms with E-state index in [9.17, 15) is 5.11 Å². The number of hydrogen-bond donors (Lipinski definition) is 2. The van der Waals surface area contributed by atoms with E-state index in [1.165, 1.54) is 50.5 Å². The summed E-state index contributed by atoms with van der Waals surface area (Å²) in [6, 6.07) is 7.93. The van der Waals surface area contributed by atoms with Crippen molar-refractivity contribution < 1.29 is 33.9 Å². The van der Waals surface area contributed by atoms with Crippen molar-refractivity contribution in [2.75, 3.05) is 59.5 Å². The van der Waals surface area contributed by atoms with E-state index in [4.69, 9.17) is 28.8 Å². The first-order valence-electron chi connectivity index (χ1n) is 12.1. The van der Waals surface area contributed by atoms with Gasteiger partial charge in [0, 0.05) is 0 Å². The van der Waals surface area contributed by atoms with Crippen LogP contribution >= 0.6 is 0 Å². The third kappa shape index (κ3) is 17.3. The molecule has 0 bridgehead atoms. The molecule has 1 rings (SSSR count). The Labute approximate surface area is 194 Å². The van der Waals surface area contributed by atoms with Gasteiger partial charge in [0.1, 0.15) is 12.4 Å². The molecule has 1 aromatic carbocycles. The summed E-state index contributed by atoms with van der Waals surface area (Å²) in [4.78, 5) is 0. The largest absolute Gasteiger partial charge is 0.463 e. The lowest BCUT2D eigenvalue weighted by Crippen LogP contribution is -2.23. The van der Waals surface area contributed by atoms with Crippen LogP contribution < -0.4 is 4.74 Å². The molecule has 0 saturated carbocycles. The molecule has 7 nitrogen and oxygen atoms in total. The Hall–Kier alpha value is -1.22. The number of hydrogen-bond acceptors (Lipinski definition) is 7. The summed E-state index contributed by atoms with van der Waals surface area (Å²) >= 11 is 0. The number of unbranched alkanes of at least 4 members (excludes halogenated alkanes) is 6. The van der Waals surface area contributed by atoms with Crippen LogP contribution in [0.25, 0.3) is 0 Å². The molecule has 0 amide bonds. The fourth-order valence-electron chi connectivity index (χ4n) is 3.12. The molecule has 0 saturated heterocycles. The lowest BCUT2D eigenvalue weighted by molar-refractivity contribution is -0.0859. The van der Waals surface area contributed by atoms with Gasteiger partial charge in [0.05, 0.1) is 52.9 Å². The summed E-state index contributed by atoms with van der Waals surface area (Å²) in [5, 5.41) is 18.5. The first-order chi connectivity index (χ1) is 15.8. The molecule has 2 N–H and O–H groups in total. The molecule has 32 heavy (non-hydrogen) atoms. The van der Waals surface area contributed by atoms with E-state index in [1.807, 2.05) is 12.1 Å². The van der Waals surface area contributed by atoms with Crippen molar-refractivity contribution in [2.24, 2.45) is 0 Å². The Morgan fingerprint density at radius 3 is 1.81 bits per heavy atom. The molecule has 1 atom stereocenters. The van der Waals surface area contributed by atoms with Crippen LogP contribution in [-0.2, 0) is 25.4 Å². The molecular formula is C25H44O7. The first kappa shape index (κ1) is 28.8. The van der Waals surface area contributed by atoms with Gasteiger partial charge in [-0.2, -0.15) is 0 Å². The van der Waals surface area contributed by atoms with E-state index >= 15 is 0 Å². The Morgan fingerprint density at radius 2 is 1.22 bits per heavy atom. The molecule has 0 aliphatic heterocycles. The normalized spacial score (nSPS) is 12.2. The summed E-state index contributed by atoms with van der Waals surface area (Å²) in [6.45, 7) is 5.36. The molecule has 0 aliphatic rings. The van der Waals surface area contributed by atoms with Gasteiger partial charge >= 0.3 is 0 Å². The van der Waals surface area contributed by atoms with Crippen LogP contribution in [0.1, 0.15) is 57.4 Å². The molecule has 7 heteroatoms. The second-order valence-electron chi connectivity index (χ2n) is 7.72. The molecule has 0 fully saturated rings. The smallest absolute Gasteiger partial charge is 0.221 e.